The fraction of sp³-hybridized carbons (Fsp3) is 0.150. The largest absolute Gasteiger partial charge is 0.271 e. The van der Waals surface area contributed by atoms with E-state index in [-0.39, 0.29) is 0 Å². The fourth-order valence-corrected chi connectivity index (χ4v) is 3.70. The molecule has 0 saturated heterocycles. The monoisotopic (exact) mass is 378 g/mol. The van der Waals surface area contributed by atoms with Crippen molar-refractivity contribution in [2.75, 3.05) is 6.26 Å². The molecule has 3 rings (SSSR count). The highest BCUT2D eigenvalue weighted by Crippen LogP contribution is 2.32. The van der Waals surface area contributed by atoms with Gasteiger partial charge in [0.1, 0.15) is 5.01 Å². The van der Waals surface area contributed by atoms with E-state index in [1.54, 1.807) is 11.3 Å². The molecule has 3 aromatic rings. The third kappa shape index (κ3) is 4.13. The van der Waals surface area contributed by atoms with E-state index in [2.05, 4.69) is 47.7 Å². The van der Waals surface area contributed by atoms with Crippen molar-refractivity contribution in [1.29, 1.82) is 5.26 Å². The number of rotatable bonds is 3. The highest BCUT2D eigenvalue weighted by atomic mass is 32.2. The van der Waals surface area contributed by atoms with Crippen LogP contribution in [-0.4, -0.2) is 16.4 Å². The summed E-state index contributed by atoms with van der Waals surface area (Å²) < 4.78 is 0. The van der Waals surface area contributed by atoms with E-state index in [0.29, 0.717) is 5.17 Å². The molecule has 130 valence electrons. The predicted molar refractivity (Wildman–Crippen MR) is 112 cm³/mol. The van der Waals surface area contributed by atoms with Crippen LogP contribution in [0.2, 0.25) is 0 Å². The maximum atomic E-state index is 8.77. The van der Waals surface area contributed by atoms with Crippen molar-refractivity contribution >= 4 is 34.0 Å². The lowest BCUT2D eigenvalue weighted by molar-refractivity contribution is 1.28. The van der Waals surface area contributed by atoms with Gasteiger partial charge in [-0.2, -0.15) is 5.26 Å². The molecule has 0 aliphatic heterocycles. The number of benzene rings is 2. The van der Waals surface area contributed by atoms with Crippen LogP contribution in [-0.2, 0) is 0 Å². The van der Waals surface area contributed by atoms with Gasteiger partial charge in [-0.15, -0.1) is 11.3 Å². The lowest BCUT2D eigenvalue weighted by Gasteiger charge is -2.04. The summed E-state index contributed by atoms with van der Waals surface area (Å²) in [7, 11) is 0. The van der Waals surface area contributed by atoms with Crippen molar-refractivity contribution in [3.05, 3.63) is 59.0 Å². The van der Waals surface area contributed by atoms with E-state index in [9.17, 15) is 0 Å². The Bertz CT molecular complexity index is 999. The number of amidine groups is 1. The number of aliphatic imine (C=N–C) groups is 1. The first-order valence-electron chi connectivity index (χ1n) is 8.02. The zero-order valence-electron chi connectivity index (χ0n) is 14.8. The van der Waals surface area contributed by atoms with Gasteiger partial charge >= 0.3 is 0 Å². The van der Waals surface area contributed by atoms with Crippen LogP contribution < -0.4 is 5.32 Å². The van der Waals surface area contributed by atoms with Gasteiger partial charge in [0.25, 0.3) is 0 Å². The van der Waals surface area contributed by atoms with Gasteiger partial charge in [-0.05, 0) is 43.9 Å². The smallest absolute Gasteiger partial charge is 0.183 e. The van der Waals surface area contributed by atoms with Crippen molar-refractivity contribution in [3.8, 4) is 28.0 Å². The summed E-state index contributed by atoms with van der Waals surface area (Å²) >= 11 is 3.02. The van der Waals surface area contributed by atoms with E-state index < -0.39 is 0 Å². The molecule has 1 aromatic heterocycles. The van der Waals surface area contributed by atoms with Crippen LogP contribution in [0.1, 0.15) is 11.1 Å². The number of nitrogens with one attached hydrogen (secondary N) is 1. The summed E-state index contributed by atoms with van der Waals surface area (Å²) in [5.41, 5.74) is 6.42. The van der Waals surface area contributed by atoms with Crippen LogP contribution in [0.25, 0.3) is 21.8 Å². The van der Waals surface area contributed by atoms with Crippen LogP contribution in [0, 0.1) is 25.3 Å². The highest BCUT2D eigenvalue weighted by Gasteiger charge is 2.10. The second-order valence-corrected chi connectivity index (χ2v) is 7.42. The molecule has 0 spiro atoms. The average Bonchev–Trinajstić information content (AvgIpc) is 3.13. The Labute approximate surface area is 161 Å². The van der Waals surface area contributed by atoms with E-state index in [4.69, 9.17) is 10.2 Å². The number of nitriles is 1. The second-order valence-electron chi connectivity index (χ2n) is 5.76. The summed E-state index contributed by atoms with van der Waals surface area (Å²) in [4.78, 5) is 9.29. The third-order valence-corrected chi connectivity index (χ3v) is 5.32. The Hall–Kier alpha value is -2.62. The number of hydrogen-bond donors (Lipinski definition) is 1. The molecule has 1 N–H and O–H groups in total. The summed E-state index contributed by atoms with van der Waals surface area (Å²) in [5.74, 6) is 0. The molecule has 26 heavy (non-hydrogen) atoms. The van der Waals surface area contributed by atoms with Gasteiger partial charge in [0.05, 0.1) is 11.4 Å². The zero-order chi connectivity index (χ0) is 18.5. The Kier molecular flexibility index (Phi) is 5.71. The molecule has 6 heteroatoms. The summed E-state index contributed by atoms with van der Waals surface area (Å²) in [6.45, 7) is 4.20. The molecular weight excluding hydrogens is 360 g/mol. The molecule has 2 aromatic carbocycles. The van der Waals surface area contributed by atoms with Gasteiger partial charge in [0, 0.05) is 16.5 Å². The lowest BCUT2D eigenvalue weighted by atomic mass is 10.0. The van der Waals surface area contributed by atoms with Crippen LogP contribution in [0.15, 0.2) is 52.8 Å². The molecule has 0 bridgehead atoms. The first kappa shape index (κ1) is 18.2. The lowest BCUT2D eigenvalue weighted by Crippen LogP contribution is -2.12. The first-order chi connectivity index (χ1) is 12.6. The normalized spacial score (nSPS) is 11.2. The Morgan fingerprint density at radius 1 is 1.23 bits per heavy atom. The minimum atomic E-state index is 0.569. The molecule has 0 fully saturated rings. The van der Waals surface area contributed by atoms with Gasteiger partial charge in [0.15, 0.2) is 11.4 Å². The quantitative estimate of drug-likeness (QED) is 0.282. The summed E-state index contributed by atoms with van der Waals surface area (Å²) in [6, 6.07) is 14.3. The van der Waals surface area contributed by atoms with E-state index in [1.807, 2.05) is 36.7 Å². The van der Waals surface area contributed by atoms with Crippen molar-refractivity contribution in [3.63, 3.8) is 0 Å². The maximum absolute atomic E-state index is 8.77. The minimum absolute atomic E-state index is 0.569. The molecule has 0 aliphatic rings. The molecule has 0 saturated carbocycles. The van der Waals surface area contributed by atoms with Crippen LogP contribution >= 0.6 is 23.1 Å². The van der Waals surface area contributed by atoms with Gasteiger partial charge in [-0.25, -0.2) is 9.98 Å². The summed E-state index contributed by atoms with van der Waals surface area (Å²) in [5, 5.41) is 15.0. The zero-order valence-corrected chi connectivity index (χ0v) is 16.4. The molecule has 1 heterocycles. The molecule has 0 aliphatic carbocycles. The second kappa shape index (κ2) is 8.17. The fourth-order valence-electron chi connectivity index (χ4n) is 2.54. The predicted octanol–water partition coefficient (Wildman–Crippen LogP) is 5.52. The van der Waals surface area contributed by atoms with Crippen molar-refractivity contribution in [2.24, 2.45) is 4.99 Å². The van der Waals surface area contributed by atoms with Gasteiger partial charge in [-0.3, -0.25) is 5.32 Å². The number of aromatic nitrogens is 1. The standard InChI is InChI=1S/C20H18N4S2/c1-13-7-8-14(2)17(9-13)18-11-26-19(24-18)15-5-4-6-16(10-15)23-20(25-3)22-12-21/h4-11H,1-3H3,(H,22,23). The molecule has 4 nitrogen and oxygen atoms in total. The van der Waals surface area contributed by atoms with Crippen molar-refractivity contribution in [2.45, 2.75) is 13.8 Å². The molecule has 0 radical (unpaired) electrons. The SMILES string of the molecule is CSC(=Nc1cccc(-c2nc(-c3cc(C)ccc3C)cs2)c1)NC#N. The number of thioether (sulfide) groups is 1. The molecular formula is C20H18N4S2. The maximum Gasteiger partial charge on any atom is 0.183 e. The molecule has 0 atom stereocenters. The van der Waals surface area contributed by atoms with Gasteiger partial charge in [-0.1, -0.05) is 41.6 Å². The number of hydrogen-bond acceptors (Lipinski definition) is 5. The first-order valence-corrected chi connectivity index (χ1v) is 10.1. The Balaban J connectivity index is 1.94. The van der Waals surface area contributed by atoms with E-state index >= 15 is 0 Å². The molecule has 0 amide bonds. The number of nitrogens with zero attached hydrogens (tertiary/aromatic N) is 3. The Morgan fingerprint density at radius 3 is 2.85 bits per heavy atom. The van der Waals surface area contributed by atoms with Crippen LogP contribution in [0.4, 0.5) is 5.69 Å². The third-order valence-electron chi connectivity index (χ3n) is 3.85. The average molecular weight is 379 g/mol. The van der Waals surface area contributed by atoms with Crippen LogP contribution in [0.3, 0.4) is 0 Å². The van der Waals surface area contributed by atoms with E-state index in [0.717, 1.165) is 22.0 Å². The van der Waals surface area contributed by atoms with Gasteiger partial charge in [0.2, 0.25) is 0 Å². The molecule has 0 unspecified atom stereocenters. The topological polar surface area (TPSA) is 61.1 Å². The van der Waals surface area contributed by atoms with Gasteiger partial charge < -0.3 is 0 Å². The summed E-state index contributed by atoms with van der Waals surface area (Å²) in [6.07, 6.45) is 3.78. The minimum Gasteiger partial charge on any atom is -0.271 e. The number of aryl methyl sites for hydroxylation is 2. The number of thiazole rings is 1. The van der Waals surface area contributed by atoms with Crippen molar-refractivity contribution < 1.29 is 0 Å². The van der Waals surface area contributed by atoms with Crippen LogP contribution in [0.5, 0.6) is 0 Å². The highest BCUT2D eigenvalue weighted by molar-refractivity contribution is 8.13. The van der Waals surface area contributed by atoms with E-state index in [1.165, 1.54) is 28.5 Å². The van der Waals surface area contributed by atoms with Crippen molar-refractivity contribution in [1.82, 2.24) is 10.3 Å². The Morgan fingerprint density at radius 2 is 2.08 bits per heavy atom.